The molecule has 0 saturated heterocycles. The number of anilines is 1. The number of carboxylic acid groups (broad SMARTS) is 2. The number of hydrogen-bond acceptors (Lipinski definition) is 7. The molecule has 11 nitrogen and oxygen atoms in total. The van der Waals surface area contributed by atoms with Gasteiger partial charge in [0.2, 0.25) is 0 Å². The summed E-state index contributed by atoms with van der Waals surface area (Å²) in [5, 5.41) is 30.5. The topological polar surface area (TPSA) is 159 Å². The van der Waals surface area contributed by atoms with Gasteiger partial charge in [0.15, 0.2) is 11.5 Å². The van der Waals surface area contributed by atoms with Gasteiger partial charge in [0.1, 0.15) is 17.4 Å². The number of fused-ring (bicyclic) bond motifs is 7. The second-order valence-electron chi connectivity index (χ2n) is 12.6. The highest BCUT2D eigenvalue weighted by Crippen LogP contribution is 2.58. The first-order valence-corrected chi connectivity index (χ1v) is 13.8. The maximum atomic E-state index is 13.3. The third kappa shape index (κ3) is 3.84. The van der Waals surface area contributed by atoms with Crippen molar-refractivity contribution >= 4 is 34.7 Å². The molecule has 0 aliphatic heterocycles. The Hall–Kier alpha value is -3.24. The Balaban J connectivity index is 1.14. The number of aliphatic carboxylic acids is 2. The summed E-state index contributed by atoms with van der Waals surface area (Å²) in [7, 11) is 1.78. The third-order valence-electron chi connectivity index (χ3n) is 10.8. The van der Waals surface area contributed by atoms with Crippen LogP contribution in [-0.4, -0.2) is 60.9 Å². The van der Waals surface area contributed by atoms with Crippen molar-refractivity contribution in [3.8, 4) is 0 Å². The van der Waals surface area contributed by atoms with Crippen LogP contribution in [0, 0.1) is 21.7 Å². The molecular weight excluding hydrogens is 488 g/mol. The van der Waals surface area contributed by atoms with Crippen molar-refractivity contribution < 1.29 is 24.6 Å². The SMILES string of the molecule is Cn1nc(NCC23CCC(C(=O)O)(CC2)CC3)c2ncnc(C(=O)NCC34CCC(C(=O)O)(CC3)CC4)c21. The number of carboxylic acids is 2. The number of carbonyl (C=O) groups excluding carboxylic acids is 1. The van der Waals surface area contributed by atoms with Crippen LogP contribution in [0.2, 0.25) is 0 Å². The van der Waals surface area contributed by atoms with Crippen LogP contribution in [0.15, 0.2) is 6.33 Å². The average molecular weight is 525 g/mol. The highest BCUT2D eigenvalue weighted by Gasteiger charge is 2.53. The summed E-state index contributed by atoms with van der Waals surface area (Å²) in [6, 6.07) is 0. The molecule has 0 unspecified atom stereocenters. The van der Waals surface area contributed by atoms with Gasteiger partial charge in [-0.25, -0.2) is 9.97 Å². The lowest BCUT2D eigenvalue weighted by Gasteiger charge is -2.51. The lowest BCUT2D eigenvalue weighted by atomic mass is 9.53. The van der Waals surface area contributed by atoms with Gasteiger partial charge in [-0.15, -0.1) is 0 Å². The quantitative estimate of drug-likeness (QED) is 0.406. The van der Waals surface area contributed by atoms with Crippen molar-refractivity contribution in [2.24, 2.45) is 28.7 Å². The molecule has 0 aromatic carbocycles. The van der Waals surface area contributed by atoms with E-state index in [4.69, 9.17) is 0 Å². The summed E-state index contributed by atoms with van der Waals surface area (Å²) < 4.78 is 1.64. The molecule has 6 aliphatic carbocycles. The number of nitrogens with one attached hydrogen (secondary N) is 2. The fourth-order valence-corrected chi connectivity index (χ4v) is 7.71. The minimum atomic E-state index is -0.682. The molecule has 4 N–H and O–H groups in total. The molecule has 0 spiro atoms. The van der Waals surface area contributed by atoms with Crippen LogP contribution >= 0.6 is 0 Å². The summed E-state index contributed by atoms with van der Waals surface area (Å²) in [5.74, 6) is -1.00. The number of hydrogen-bond donors (Lipinski definition) is 4. The maximum absolute atomic E-state index is 13.3. The number of nitrogens with zero attached hydrogens (tertiary/aromatic N) is 4. The first-order valence-electron chi connectivity index (χ1n) is 13.8. The average Bonchev–Trinajstić information content (AvgIpc) is 3.28. The normalized spacial score (nSPS) is 33.8. The Bertz CT molecular complexity index is 1270. The number of carbonyl (C=O) groups is 3. The minimum Gasteiger partial charge on any atom is -0.481 e. The van der Waals surface area contributed by atoms with Crippen molar-refractivity contribution in [1.29, 1.82) is 0 Å². The number of rotatable bonds is 8. The van der Waals surface area contributed by atoms with E-state index in [1.807, 2.05) is 0 Å². The predicted molar refractivity (Wildman–Crippen MR) is 138 cm³/mol. The van der Waals surface area contributed by atoms with Crippen LogP contribution in [0.3, 0.4) is 0 Å². The molecular formula is C27H36N6O5. The van der Waals surface area contributed by atoms with Crippen LogP contribution < -0.4 is 10.6 Å². The largest absolute Gasteiger partial charge is 0.481 e. The van der Waals surface area contributed by atoms with Crippen LogP contribution in [0.1, 0.15) is 87.5 Å². The van der Waals surface area contributed by atoms with Crippen molar-refractivity contribution in [2.45, 2.75) is 77.0 Å². The Kier molecular flexibility index (Phi) is 5.70. The number of aryl methyl sites for hydroxylation is 1. The zero-order valence-corrected chi connectivity index (χ0v) is 21.9. The first kappa shape index (κ1) is 25.1. The van der Waals surface area contributed by atoms with Gasteiger partial charge >= 0.3 is 11.9 Å². The molecule has 8 rings (SSSR count). The van der Waals surface area contributed by atoms with Crippen LogP contribution in [0.5, 0.6) is 0 Å². The van der Waals surface area contributed by atoms with Crippen molar-refractivity contribution in [1.82, 2.24) is 25.1 Å². The van der Waals surface area contributed by atoms with E-state index in [0.29, 0.717) is 49.2 Å². The third-order valence-corrected chi connectivity index (χ3v) is 10.8. The molecule has 2 aromatic heterocycles. The molecule has 0 atom stereocenters. The zero-order valence-electron chi connectivity index (χ0n) is 21.9. The van der Waals surface area contributed by atoms with E-state index in [1.54, 1.807) is 11.7 Å². The van der Waals surface area contributed by atoms with Gasteiger partial charge in [-0.05, 0) is 87.9 Å². The summed E-state index contributed by atoms with van der Waals surface area (Å²) in [6.45, 7) is 1.21. The zero-order chi connectivity index (χ0) is 26.8. The fourth-order valence-electron chi connectivity index (χ4n) is 7.71. The number of aromatic nitrogens is 4. The fraction of sp³-hybridized carbons (Fsp3) is 0.704. The standard InChI is InChI=1S/C27H36N6O5/c1-33-19-17(20(32-33)28-14-24-2-8-26(9-3-24,10-4-24)22(35)36)30-16-31-18(19)21(34)29-15-25-5-11-27(12-6-25,13-7-25)23(37)38/h16H,2-15H2,1H3,(H,28,32)(H,29,34)(H,35,36)(H,37,38). The lowest BCUT2D eigenvalue weighted by molar-refractivity contribution is -0.159. The maximum Gasteiger partial charge on any atom is 0.309 e. The van der Waals surface area contributed by atoms with Gasteiger partial charge < -0.3 is 20.8 Å². The lowest BCUT2D eigenvalue weighted by Crippen LogP contribution is -2.50. The van der Waals surface area contributed by atoms with E-state index < -0.39 is 22.8 Å². The van der Waals surface area contributed by atoms with Gasteiger partial charge in [-0.1, -0.05) is 0 Å². The Morgan fingerprint density at radius 1 is 0.816 bits per heavy atom. The molecule has 6 fully saturated rings. The van der Waals surface area contributed by atoms with Crippen LogP contribution in [0.4, 0.5) is 5.82 Å². The van der Waals surface area contributed by atoms with E-state index in [-0.39, 0.29) is 22.4 Å². The van der Waals surface area contributed by atoms with Crippen LogP contribution in [-0.2, 0) is 16.6 Å². The summed E-state index contributed by atoms with van der Waals surface area (Å²) in [4.78, 5) is 45.5. The molecule has 2 heterocycles. The van der Waals surface area contributed by atoms with Crippen molar-refractivity contribution in [3.63, 3.8) is 0 Å². The van der Waals surface area contributed by atoms with Crippen LogP contribution in [0.25, 0.3) is 11.0 Å². The smallest absolute Gasteiger partial charge is 0.309 e. The van der Waals surface area contributed by atoms with Gasteiger partial charge in [-0.2, -0.15) is 5.10 Å². The van der Waals surface area contributed by atoms with E-state index in [1.165, 1.54) is 6.33 Å². The van der Waals surface area contributed by atoms with E-state index in [0.717, 1.165) is 57.8 Å². The van der Waals surface area contributed by atoms with Gasteiger partial charge in [0, 0.05) is 20.1 Å². The van der Waals surface area contributed by atoms with Crippen molar-refractivity contribution in [2.75, 3.05) is 18.4 Å². The molecule has 2 aromatic rings. The highest BCUT2D eigenvalue weighted by molar-refractivity contribution is 6.05. The highest BCUT2D eigenvalue weighted by atomic mass is 16.4. The summed E-state index contributed by atoms with van der Waals surface area (Å²) in [6.07, 6.45) is 10.7. The van der Waals surface area contributed by atoms with Crippen molar-refractivity contribution in [3.05, 3.63) is 12.0 Å². The Morgan fingerprint density at radius 2 is 1.32 bits per heavy atom. The minimum absolute atomic E-state index is 0.0459. The second-order valence-corrected chi connectivity index (χ2v) is 12.6. The molecule has 6 aliphatic rings. The monoisotopic (exact) mass is 524 g/mol. The van der Waals surface area contributed by atoms with Gasteiger partial charge in [0.25, 0.3) is 5.91 Å². The molecule has 1 amide bonds. The van der Waals surface area contributed by atoms with E-state index >= 15 is 0 Å². The predicted octanol–water partition coefficient (Wildman–Crippen LogP) is 3.36. The molecule has 4 bridgehead atoms. The molecule has 6 saturated carbocycles. The van der Waals surface area contributed by atoms with Gasteiger partial charge in [-0.3, -0.25) is 19.1 Å². The van der Waals surface area contributed by atoms with Gasteiger partial charge in [0.05, 0.1) is 10.8 Å². The molecule has 38 heavy (non-hydrogen) atoms. The van der Waals surface area contributed by atoms with E-state index in [2.05, 4.69) is 25.7 Å². The molecule has 11 heteroatoms. The van der Waals surface area contributed by atoms with E-state index in [9.17, 15) is 24.6 Å². The Morgan fingerprint density at radius 3 is 1.82 bits per heavy atom. The second kappa shape index (κ2) is 8.64. The number of amides is 1. The molecule has 0 radical (unpaired) electrons. The Labute approximate surface area is 220 Å². The first-order chi connectivity index (χ1) is 18.1. The summed E-state index contributed by atoms with van der Waals surface area (Å²) >= 11 is 0. The molecule has 204 valence electrons. The summed E-state index contributed by atoms with van der Waals surface area (Å²) in [5.41, 5.74) is 0.342.